The van der Waals surface area contributed by atoms with Crippen LogP contribution in [0.1, 0.15) is 48.9 Å². The van der Waals surface area contributed by atoms with Crippen molar-refractivity contribution in [1.82, 2.24) is 19.4 Å². The molecular weight excluding hydrogens is 610 g/mol. The highest BCUT2D eigenvalue weighted by Crippen LogP contribution is 2.33. The average Bonchev–Trinajstić information content (AvgIpc) is 3.72. The lowest BCUT2D eigenvalue weighted by atomic mass is 10.0. The standard InChI is InChI=1S/C29H30F3N5O3S.C2H6.CH3F/c30-29(31,32)22-10-8-20(9-11-22)19-4-6-21(7-5-19)27-36(13-12-35-14-16-39-17-15-35)25(34-40-27)18-37-24-3-1-2-23(24)26(38)33-28(37)41;2*1-2/h4-11,27H,1-3,12-18H2,(H,33,38,41);1-2H3;1H3. The van der Waals surface area contributed by atoms with E-state index in [4.69, 9.17) is 21.8 Å². The SMILES string of the molecule is CC.CF.O=c1[nH]c(=S)n(CC2=NOC(c3ccc(-c4ccc(C(F)(F)F)cc4)cc3)N2CCN2CCOCC2)c2c1CCC2. The highest BCUT2D eigenvalue weighted by molar-refractivity contribution is 7.71. The lowest BCUT2D eigenvalue weighted by Crippen LogP contribution is -2.43. The van der Waals surface area contributed by atoms with Crippen molar-refractivity contribution in [2.45, 2.75) is 52.1 Å². The molecule has 0 radical (unpaired) electrons. The zero-order valence-corrected chi connectivity index (χ0v) is 26.5. The van der Waals surface area contributed by atoms with Gasteiger partial charge in [-0.3, -0.25) is 19.1 Å². The number of hydrogen-bond acceptors (Lipinski definition) is 7. The first kappa shape index (κ1) is 34.3. The third kappa shape index (κ3) is 8.00. The summed E-state index contributed by atoms with van der Waals surface area (Å²) < 4.78 is 56.3. The number of alkyl halides is 4. The van der Waals surface area contributed by atoms with Gasteiger partial charge in [0.25, 0.3) is 5.56 Å². The summed E-state index contributed by atoms with van der Waals surface area (Å²) in [6.45, 7) is 8.93. The molecule has 244 valence electrons. The summed E-state index contributed by atoms with van der Waals surface area (Å²) in [5, 5.41) is 4.47. The Morgan fingerprint density at radius 2 is 1.58 bits per heavy atom. The minimum Gasteiger partial charge on any atom is -0.379 e. The number of nitrogens with zero attached hydrogens (tertiary/aromatic N) is 4. The van der Waals surface area contributed by atoms with Crippen molar-refractivity contribution >= 4 is 18.1 Å². The van der Waals surface area contributed by atoms with Gasteiger partial charge in [-0.05, 0) is 54.7 Å². The van der Waals surface area contributed by atoms with E-state index < -0.39 is 18.0 Å². The number of ether oxygens (including phenoxy) is 1. The fourth-order valence-corrected chi connectivity index (χ4v) is 5.94. The molecule has 0 amide bonds. The molecule has 1 fully saturated rings. The predicted molar refractivity (Wildman–Crippen MR) is 168 cm³/mol. The molecule has 0 bridgehead atoms. The highest BCUT2D eigenvalue weighted by atomic mass is 32.1. The first-order chi connectivity index (χ1) is 21.8. The van der Waals surface area contributed by atoms with Crippen LogP contribution in [0, 0.1) is 4.77 Å². The van der Waals surface area contributed by atoms with Gasteiger partial charge in [-0.25, -0.2) is 0 Å². The lowest BCUT2D eigenvalue weighted by molar-refractivity contribution is -0.137. The van der Waals surface area contributed by atoms with Crippen molar-refractivity contribution in [1.29, 1.82) is 0 Å². The number of aromatic nitrogens is 2. The lowest BCUT2D eigenvalue weighted by Gasteiger charge is -2.31. The van der Waals surface area contributed by atoms with Crippen LogP contribution < -0.4 is 5.56 Å². The summed E-state index contributed by atoms with van der Waals surface area (Å²) in [7, 11) is 0.500. The number of morpholine rings is 1. The molecule has 45 heavy (non-hydrogen) atoms. The second kappa shape index (κ2) is 15.6. The fraction of sp³-hybridized carbons (Fsp3) is 0.469. The van der Waals surface area contributed by atoms with Crippen LogP contribution >= 0.6 is 12.2 Å². The second-order valence-electron chi connectivity index (χ2n) is 10.4. The van der Waals surface area contributed by atoms with Crippen LogP contribution in [0.3, 0.4) is 0 Å². The first-order valence-corrected chi connectivity index (χ1v) is 15.5. The number of amidine groups is 1. The third-order valence-corrected chi connectivity index (χ3v) is 8.25. The van der Waals surface area contributed by atoms with E-state index in [9.17, 15) is 22.4 Å². The van der Waals surface area contributed by atoms with Gasteiger partial charge < -0.3 is 19.0 Å². The zero-order valence-electron chi connectivity index (χ0n) is 25.7. The molecule has 0 saturated carbocycles. The average molecular weight is 650 g/mol. The monoisotopic (exact) mass is 649 g/mol. The van der Waals surface area contributed by atoms with Crippen molar-refractivity contribution in [2.75, 3.05) is 46.6 Å². The van der Waals surface area contributed by atoms with Crippen LogP contribution in [0.25, 0.3) is 11.1 Å². The molecule has 13 heteroatoms. The summed E-state index contributed by atoms with van der Waals surface area (Å²) in [5.74, 6) is 0.715. The molecule has 1 aromatic heterocycles. The second-order valence-corrected chi connectivity index (χ2v) is 10.8. The number of hydrogen-bond donors (Lipinski definition) is 1. The van der Waals surface area contributed by atoms with Gasteiger partial charge in [0.15, 0.2) is 10.6 Å². The number of rotatable bonds is 7. The van der Waals surface area contributed by atoms with Crippen molar-refractivity contribution in [3.05, 3.63) is 86.0 Å². The Bertz CT molecular complexity index is 1550. The van der Waals surface area contributed by atoms with Gasteiger partial charge in [-0.1, -0.05) is 55.4 Å². The van der Waals surface area contributed by atoms with Gasteiger partial charge in [0, 0.05) is 43.0 Å². The smallest absolute Gasteiger partial charge is 0.379 e. The Morgan fingerprint density at radius 3 is 2.20 bits per heavy atom. The van der Waals surface area contributed by atoms with Crippen LogP contribution in [0.15, 0.2) is 58.5 Å². The number of nitrogens with one attached hydrogen (secondary N) is 1. The number of oxime groups is 1. The van der Waals surface area contributed by atoms with E-state index in [1.54, 1.807) is 0 Å². The van der Waals surface area contributed by atoms with Gasteiger partial charge in [0.2, 0.25) is 6.23 Å². The molecule has 8 nitrogen and oxygen atoms in total. The summed E-state index contributed by atoms with van der Waals surface area (Å²) in [6.07, 6.45) is -2.41. The zero-order chi connectivity index (χ0) is 32.6. The van der Waals surface area contributed by atoms with Crippen molar-refractivity contribution in [3.8, 4) is 11.1 Å². The van der Waals surface area contributed by atoms with Gasteiger partial charge >= 0.3 is 6.18 Å². The van der Waals surface area contributed by atoms with E-state index >= 15 is 0 Å². The van der Waals surface area contributed by atoms with Crippen molar-refractivity contribution in [2.24, 2.45) is 5.16 Å². The highest BCUT2D eigenvalue weighted by Gasteiger charge is 2.33. The molecule has 3 aromatic rings. The maximum absolute atomic E-state index is 13.0. The van der Waals surface area contributed by atoms with Crippen LogP contribution in [0.2, 0.25) is 0 Å². The van der Waals surface area contributed by atoms with Gasteiger partial charge in [-0.15, -0.1) is 0 Å². The van der Waals surface area contributed by atoms with E-state index in [1.807, 2.05) is 42.7 Å². The van der Waals surface area contributed by atoms with E-state index in [2.05, 4.69) is 19.9 Å². The van der Waals surface area contributed by atoms with Gasteiger partial charge in [0.05, 0.1) is 32.5 Å². The van der Waals surface area contributed by atoms with Crippen LogP contribution in [0.4, 0.5) is 17.6 Å². The van der Waals surface area contributed by atoms with Crippen molar-refractivity contribution < 1.29 is 27.1 Å². The van der Waals surface area contributed by atoms with Crippen LogP contribution in [-0.4, -0.2) is 71.8 Å². The Labute approximate surface area is 265 Å². The molecule has 1 atom stereocenters. The van der Waals surface area contributed by atoms with E-state index in [0.717, 1.165) is 73.4 Å². The summed E-state index contributed by atoms with van der Waals surface area (Å²) in [4.78, 5) is 25.7. The number of aromatic amines is 1. The van der Waals surface area contributed by atoms with Gasteiger partial charge in [0.1, 0.15) is 0 Å². The Balaban J connectivity index is 0.00000111. The van der Waals surface area contributed by atoms with Crippen LogP contribution in [0.5, 0.6) is 0 Å². The number of benzene rings is 2. The Kier molecular flexibility index (Phi) is 11.9. The first-order valence-electron chi connectivity index (χ1n) is 15.1. The molecule has 1 unspecified atom stereocenters. The maximum atomic E-state index is 13.0. The maximum Gasteiger partial charge on any atom is 0.416 e. The normalized spacial score (nSPS) is 17.8. The number of H-pyrrole nitrogens is 1. The molecule has 1 aliphatic carbocycles. The predicted octanol–water partition coefficient (Wildman–Crippen LogP) is 6.37. The number of fused-ring (bicyclic) bond motifs is 1. The molecule has 2 aromatic carbocycles. The van der Waals surface area contributed by atoms with Gasteiger partial charge in [-0.2, -0.15) is 13.2 Å². The molecule has 6 rings (SSSR count). The third-order valence-electron chi connectivity index (χ3n) is 7.93. The quantitative estimate of drug-likeness (QED) is 0.237. The molecule has 1 N–H and O–H groups in total. The summed E-state index contributed by atoms with van der Waals surface area (Å²) in [6, 6.07) is 12.7. The summed E-state index contributed by atoms with van der Waals surface area (Å²) in [5.41, 5.74) is 3.32. The van der Waals surface area contributed by atoms with Crippen LogP contribution in [-0.2, 0) is 35.1 Å². The molecule has 3 heterocycles. The van der Waals surface area contributed by atoms with E-state index in [-0.39, 0.29) is 5.56 Å². The summed E-state index contributed by atoms with van der Waals surface area (Å²) >= 11 is 5.54. The topological polar surface area (TPSA) is 75.1 Å². The Hall–Kier alpha value is -3.55. The minimum absolute atomic E-state index is 0.112. The molecule has 2 aliphatic heterocycles. The molecule has 0 spiro atoms. The largest absolute Gasteiger partial charge is 0.416 e. The molecular formula is C32H39F4N5O3S. The minimum atomic E-state index is -4.37. The molecule has 1 saturated heterocycles. The van der Waals surface area contributed by atoms with E-state index in [0.29, 0.717) is 49.7 Å². The van der Waals surface area contributed by atoms with Crippen molar-refractivity contribution in [3.63, 3.8) is 0 Å². The number of halogens is 4. The Morgan fingerprint density at radius 1 is 0.956 bits per heavy atom. The fourth-order valence-electron chi connectivity index (χ4n) is 5.67. The van der Waals surface area contributed by atoms with E-state index in [1.165, 1.54) is 12.1 Å². The molecule has 3 aliphatic rings.